The number of nitrogens with one attached hydrogen (secondary N) is 1. The van der Waals surface area contributed by atoms with E-state index in [1.807, 2.05) is 15.3 Å². The van der Waals surface area contributed by atoms with Gasteiger partial charge >= 0.3 is 0 Å². The van der Waals surface area contributed by atoms with E-state index in [1.54, 1.807) is 53.8 Å². The Morgan fingerprint density at radius 3 is 2.90 bits per heavy atom. The topological polar surface area (TPSA) is 85.0 Å². The minimum absolute atomic E-state index is 0.0820. The fourth-order valence-electron chi connectivity index (χ4n) is 3.15. The van der Waals surface area contributed by atoms with Crippen molar-refractivity contribution >= 4 is 29.1 Å². The summed E-state index contributed by atoms with van der Waals surface area (Å²) in [4.78, 5) is 35.1. The Labute approximate surface area is 172 Å². The van der Waals surface area contributed by atoms with E-state index in [1.165, 1.54) is 6.20 Å². The van der Waals surface area contributed by atoms with Crippen molar-refractivity contribution in [3.63, 3.8) is 0 Å². The summed E-state index contributed by atoms with van der Waals surface area (Å²) in [6.45, 7) is 1.94. The quantitative estimate of drug-likeness (QED) is 0.655. The van der Waals surface area contributed by atoms with Gasteiger partial charge in [0.05, 0.1) is 29.8 Å². The molecule has 148 valence electrons. The van der Waals surface area contributed by atoms with E-state index in [9.17, 15) is 9.59 Å². The third kappa shape index (κ3) is 4.22. The largest absolute Gasteiger partial charge is 0.334 e. The lowest BCUT2D eigenvalue weighted by Crippen LogP contribution is -2.38. The number of rotatable bonds is 5. The van der Waals surface area contributed by atoms with Crippen LogP contribution in [0.5, 0.6) is 0 Å². The van der Waals surface area contributed by atoms with E-state index in [4.69, 9.17) is 11.6 Å². The number of aromatic nitrogens is 4. The normalized spacial score (nSPS) is 13.5. The molecule has 3 heterocycles. The van der Waals surface area contributed by atoms with Gasteiger partial charge in [-0.3, -0.25) is 9.59 Å². The van der Waals surface area contributed by atoms with Gasteiger partial charge < -0.3 is 19.4 Å². The van der Waals surface area contributed by atoms with E-state index in [-0.39, 0.29) is 11.8 Å². The SMILES string of the molecule is O=C(Nc1ccccc1Cl)c1cnc2n1CCN(C(=O)/C=C/Cn1ccnc1)C2. The lowest BCUT2D eigenvalue weighted by molar-refractivity contribution is -0.127. The van der Waals surface area contributed by atoms with Crippen LogP contribution in [0.1, 0.15) is 16.3 Å². The van der Waals surface area contributed by atoms with Gasteiger partial charge in [0.2, 0.25) is 5.91 Å². The minimum Gasteiger partial charge on any atom is -0.334 e. The number of amides is 2. The minimum atomic E-state index is -0.281. The molecule has 1 aliphatic rings. The maximum Gasteiger partial charge on any atom is 0.273 e. The van der Waals surface area contributed by atoms with Crippen molar-refractivity contribution < 1.29 is 9.59 Å². The summed E-state index contributed by atoms with van der Waals surface area (Å²) in [7, 11) is 0. The molecule has 0 fully saturated rings. The number of para-hydroxylation sites is 1. The summed E-state index contributed by atoms with van der Waals surface area (Å²) in [5, 5.41) is 3.28. The van der Waals surface area contributed by atoms with Gasteiger partial charge in [0.1, 0.15) is 11.5 Å². The molecule has 1 N–H and O–H groups in total. The van der Waals surface area contributed by atoms with Gasteiger partial charge in [0, 0.05) is 38.1 Å². The lowest BCUT2D eigenvalue weighted by Gasteiger charge is -2.27. The van der Waals surface area contributed by atoms with Gasteiger partial charge in [-0.1, -0.05) is 29.8 Å². The van der Waals surface area contributed by atoms with Crippen LogP contribution in [0.3, 0.4) is 0 Å². The van der Waals surface area contributed by atoms with Crippen LogP contribution >= 0.6 is 11.6 Å². The molecule has 29 heavy (non-hydrogen) atoms. The number of carbonyl (C=O) groups excluding carboxylic acids is 2. The molecule has 0 saturated heterocycles. The molecular weight excluding hydrogens is 392 g/mol. The Bertz CT molecular complexity index is 1060. The van der Waals surface area contributed by atoms with Gasteiger partial charge in [-0.2, -0.15) is 0 Å². The van der Waals surface area contributed by atoms with Crippen LogP contribution in [-0.4, -0.2) is 42.4 Å². The highest BCUT2D eigenvalue weighted by molar-refractivity contribution is 6.33. The summed E-state index contributed by atoms with van der Waals surface area (Å²) in [5.41, 5.74) is 0.994. The molecule has 8 nitrogen and oxygen atoms in total. The van der Waals surface area contributed by atoms with Crippen LogP contribution in [0, 0.1) is 0 Å². The molecule has 1 aromatic carbocycles. The summed E-state index contributed by atoms with van der Waals surface area (Å²) in [5.74, 6) is 0.315. The van der Waals surface area contributed by atoms with Crippen LogP contribution < -0.4 is 5.32 Å². The molecular formula is C20H19ClN6O2. The molecule has 0 radical (unpaired) electrons. The van der Waals surface area contributed by atoms with Crippen molar-refractivity contribution in [2.24, 2.45) is 0 Å². The number of allylic oxidation sites excluding steroid dienone is 1. The van der Waals surface area contributed by atoms with Crippen molar-refractivity contribution in [3.8, 4) is 0 Å². The van der Waals surface area contributed by atoms with Crippen LogP contribution in [0.25, 0.3) is 0 Å². The monoisotopic (exact) mass is 410 g/mol. The van der Waals surface area contributed by atoms with E-state index >= 15 is 0 Å². The third-order valence-corrected chi connectivity index (χ3v) is 5.00. The number of halogens is 1. The number of hydrogen-bond donors (Lipinski definition) is 1. The Balaban J connectivity index is 1.40. The highest BCUT2D eigenvalue weighted by Crippen LogP contribution is 2.22. The van der Waals surface area contributed by atoms with Crippen molar-refractivity contribution in [1.29, 1.82) is 0 Å². The molecule has 3 aromatic rings. The molecule has 0 bridgehead atoms. The Hall–Kier alpha value is -3.39. The number of fused-ring (bicyclic) bond motifs is 1. The summed E-state index contributed by atoms with van der Waals surface area (Å²) < 4.78 is 3.71. The van der Waals surface area contributed by atoms with Crippen molar-refractivity contribution in [2.75, 3.05) is 11.9 Å². The molecule has 0 aliphatic carbocycles. The average Bonchev–Trinajstić information content (AvgIpc) is 3.38. The highest BCUT2D eigenvalue weighted by Gasteiger charge is 2.24. The zero-order chi connectivity index (χ0) is 20.2. The first kappa shape index (κ1) is 18.9. The van der Waals surface area contributed by atoms with E-state index in [0.29, 0.717) is 48.4 Å². The molecule has 0 spiro atoms. The highest BCUT2D eigenvalue weighted by atomic mass is 35.5. The molecule has 0 atom stereocenters. The Morgan fingerprint density at radius 2 is 2.10 bits per heavy atom. The number of benzene rings is 1. The molecule has 2 aromatic heterocycles. The number of anilines is 1. The standard InChI is InChI=1S/C20H19ClN6O2/c21-15-4-1-2-5-16(15)24-20(29)17-12-23-18-13-26(10-11-27(17)18)19(28)6-3-8-25-9-7-22-14-25/h1-7,9,12,14H,8,10-11,13H2,(H,24,29)/b6-3+. The van der Waals surface area contributed by atoms with Gasteiger partial charge in [-0.25, -0.2) is 9.97 Å². The van der Waals surface area contributed by atoms with E-state index in [2.05, 4.69) is 15.3 Å². The summed E-state index contributed by atoms with van der Waals surface area (Å²) in [6.07, 6.45) is 10.1. The van der Waals surface area contributed by atoms with Crippen LogP contribution in [-0.2, 0) is 24.4 Å². The number of nitrogens with zero attached hydrogens (tertiary/aromatic N) is 5. The maximum atomic E-state index is 12.6. The van der Waals surface area contributed by atoms with Crippen LogP contribution in [0.4, 0.5) is 5.69 Å². The molecule has 9 heteroatoms. The smallest absolute Gasteiger partial charge is 0.273 e. The second kappa shape index (κ2) is 8.32. The number of imidazole rings is 2. The third-order valence-electron chi connectivity index (χ3n) is 4.67. The van der Waals surface area contributed by atoms with Gasteiger partial charge in [-0.15, -0.1) is 0 Å². The first-order valence-electron chi connectivity index (χ1n) is 9.13. The molecule has 0 saturated carbocycles. The van der Waals surface area contributed by atoms with Gasteiger partial charge in [0.25, 0.3) is 5.91 Å². The van der Waals surface area contributed by atoms with Gasteiger partial charge in [-0.05, 0) is 12.1 Å². The average molecular weight is 411 g/mol. The summed E-state index contributed by atoms with van der Waals surface area (Å²) >= 11 is 6.11. The van der Waals surface area contributed by atoms with Crippen molar-refractivity contribution in [1.82, 2.24) is 24.0 Å². The van der Waals surface area contributed by atoms with Crippen molar-refractivity contribution in [3.05, 3.63) is 77.9 Å². The molecule has 2 amide bonds. The first-order chi connectivity index (χ1) is 14.1. The zero-order valence-corrected chi connectivity index (χ0v) is 16.3. The predicted molar refractivity (Wildman–Crippen MR) is 108 cm³/mol. The molecule has 4 rings (SSSR count). The fraction of sp³-hybridized carbons (Fsp3) is 0.200. The second-order valence-electron chi connectivity index (χ2n) is 6.57. The predicted octanol–water partition coefficient (Wildman–Crippen LogP) is 2.58. The number of hydrogen-bond acceptors (Lipinski definition) is 4. The van der Waals surface area contributed by atoms with Crippen LogP contribution in [0.2, 0.25) is 5.02 Å². The first-order valence-corrected chi connectivity index (χ1v) is 9.51. The lowest BCUT2D eigenvalue weighted by atomic mass is 10.3. The molecule has 1 aliphatic heterocycles. The van der Waals surface area contributed by atoms with Crippen molar-refractivity contribution in [2.45, 2.75) is 19.6 Å². The van der Waals surface area contributed by atoms with Crippen LogP contribution in [0.15, 0.2) is 61.3 Å². The Morgan fingerprint density at radius 1 is 1.24 bits per heavy atom. The summed E-state index contributed by atoms with van der Waals surface area (Å²) in [6, 6.07) is 7.06. The number of carbonyl (C=O) groups is 2. The van der Waals surface area contributed by atoms with Gasteiger partial charge in [0.15, 0.2) is 0 Å². The van der Waals surface area contributed by atoms with E-state index < -0.39 is 0 Å². The molecule has 0 unspecified atom stereocenters. The zero-order valence-electron chi connectivity index (χ0n) is 15.5. The van der Waals surface area contributed by atoms with E-state index in [0.717, 1.165) is 0 Å². The maximum absolute atomic E-state index is 12.6. The Kier molecular flexibility index (Phi) is 5.44. The second-order valence-corrected chi connectivity index (χ2v) is 6.97. The fourth-order valence-corrected chi connectivity index (χ4v) is 3.34.